The van der Waals surface area contributed by atoms with Crippen molar-refractivity contribution in [2.75, 3.05) is 0 Å². The molecule has 0 amide bonds. The third-order valence-electron chi connectivity index (χ3n) is 3.36. The molecule has 2 atom stereocenters. The summed E-state index contributed by atoms with van der Waals surface area (Å²) in [7, 11) is 0. The van der Waals surface area contributed by atoms with E-state index in [1.54, 1.807) is 6.07 Å². The first kappa shape index (κ1) is 10.5. The maximum atomic E-state index is 9.44. The number of benzene rings is 1. The first-order valence-electron chi connectivity index (χ1n) is 5.80. The van der Waals surface area contributed by atoms with Gasteiger partial charge in [0, 0.05) is 6.04 Å². The molecule has 2 heteroatoms. The molecule has 1 saturated carbocycles. The van der Waals surface area contributed by atoms with Crippen LogP contribution in [0.1, 0.15) is 43.6 Å². The normalized spacial score (nSPS) is 27.3. The van der Waals surface area contributed by atoms with Crippen molar-refractivity contribution in [1.29, 1.82) is 0 Å². The molecule has 2 unspecified atom stereocenters. The van der Waals surface area contributed by atoms with Crippen LogP contribution < -0.4 is 5.73 Å². The summed E-state index contributed by atoms with van der Waals surface area (Å²) in [4.78, 5) is 0. The summed E-state index contributed by atoms with van der Waals surface area (Å²) in [5.41, 5.74) is 7.22. The molecule has 82 valence electrons. The first-order chi connectivity index (χ1) is 7.25. The Kier molecular flexibility index (Phi) is 3.27. The van der Waals surface area contributed by atoms with Gasteiger partial charge in [-0.3, -0.25) is 0 Å². The molecule has 2 nitrogen and oxygen atoms in total. The van der Waals surface area contributed by atoms with Crippen LogP contribution in [0.15, 0.2) is 24.3 Å². The molecular weight excluding hydrogens is 186 g/mol. The third kappa shape index (κ3) is 2.72. The monoisotopic (exact) mass is 205 g/mol. The Morgan fingerprint density at radius 2 is 2.00 bits per heavy atom. The molecule has 15 heavy (non-hydrogen) atoms. The fourth-order valence-electron chi connectivity index (χ4n) is 2.44. The van der Waals surface area contributed by atoms with E-state index in [1.807, 2.05) is 12.1 Å². The van der Waals surface area contributed by atoms with E-state index in [1.165, 1.54) is 18.4 Å². The summed E-state index contributed by atoms with van der Waals surface area (Å²) in [5, 5.41) is 9.44. The van der Waals surface area contributed by atoms with Crippen molar-refractivity contribution < 1.29 is 5.11 Å². The molecule has 1 aliphatic rings. The lowest BCUT2D eigenvalue weighted by Crippen LogP contribution is -2.17. The minimum Gasteiger partial charge on any atom is -0.508 e. The van der Waals surface area contributed by atoms with Crippen molar-refractivity contribution >= 4 is 0 Å². The number of rotatable bonds is 1. The Hall–Kier alpha value is -1.02. The predicted molar refractivity (Wildman–Crippen MR) is 61.9 cm³/mol. The van der Waals surface area contributed by atoms with Gasteiger partial charge in [0.05, 0.1) is 0 Å². The number of hydrogen-bond acceptors (Lipinski definition) is 2. The summed E-state index contributed by atoms with van der Waals surface area (Å²) in [6.45, 7) is 0. The molecule has 1 fully saturated rings. The van der Waals surface area contributed by atoms with Gasteiger partial charge in [0.25, 0.3) is 0 Å². The standard InChI is InChI=1S/C13H19NO/c14-12-5-1-3-10(7-8-12)11-4-2-6-13(15)9-11/h2,4,6,9-10,12,15H,1,3,5,7-8,14H2. The molecule has 0 saturated heterocycles. The highest BCUT2D eigenvalue weighted by molar-refractivity contribution is 5.29. The van der Waals surface area contributed by atoms with Crippen molar-refractivity contribution in [1.82, 2.24) is 0 Å². The summed E-state index contributed by atoms with van der Waals surface area (Å²) in [6.07, 6.45) is 5.83. The summed E-state index contributed by atoms with van der Waals surface area (Å²) in [5.74, 6) is 0.965. The van der Waals surface area contributed by atoms with Gasteiger partial charge in [0.15, 0.2) is 0 Å². The van der Waals surface area contributed by atoms with Crippen molar-refractivity contribution in [2.45, 2.75) is 44.1 Å². The molecule has 1 aromatic carbocycles. The molecule has 3 N–H and O–H groups in total. The molecule has 2 rings (SSSR count). The summed E-state index contributed by atoms with van der Waals surface area (Å²) < 4.78 is 0. The van der Waals surface area contributed by atoms with Gasteiger partial charge in [-0.2, -0.15) is 0 Å². The van der Waals surface area contributed by atoms with E-state index in [4.69, 9.17) is 5.73 Å². The van der Waals surface area contributed by atoms with Crippen LogP contribution in [0.4, 0.5) is 0 Å². The Bertz CT molecular complexity index is 324. The lowest BCUT2D eigenvalue weighted by atomic mass is 9.92. The molecule has 1 aliphatic carbocycles. The minimum absolute atomic E-state index is 0.376. The Morgan fingerprint density at radius 1 is 1.13 bits per heavy atom. The van der Waals surface area contributed by atoms with Gasteiger partial charge in [0.1, 0.15) is 5.75 Å². The van der Waals surface area contributed by atoms with Crippen LogP contribution in [0.5, 0.6) is 5.75 Å². The number of nitrogens with two attached hydrogens (primary N) is 1. The zero-order valence-electron chi connectivity index (χ0n) is 9.02. The average Bonchev–Trinajstić information content (AvgIpc) is 2.43. The van der Waals surface area contributed by atoms with Crippen LogP contribution in [0.25, 0.3) is 0 Å². The van der Waals surface area contributed by atoms with Crippen LogP contribution in [0.2, 0.25) is 0 Å². The third-order valence-corrected chi connectivity index (χ3v) is 3.36. The van der Waals surface area contributed by atoms with E-state index in [-0.39, 0.29) is 0 Å². The van der Waals surface area contributed by atoms with E-state index in [9.17, 15) is 5.11 Å². The fourth-order valence-corrected chi connectivity index (χ4v) is 2.44. The van der Waals surface area contributed by atoms with Gasteiger partial charge >= 0.3 is 0 Å². The first-order valence-corrected chi connectivity index (χ1v) is 5.80. The molecule has 0 aliphatic heterocycles. The summed E-state index contributed by atoms with van der Waals surface area (Å²) in [6, 6.07) is 8.04. The zero-order valence-corrected chi connectivity index (χ0v) is 9.02. The van der Waals surface area contributed by atoms with E-state index >= 15 is 0 Å². The van der Waals surface area contributed by atoms with Gasteiger partial charge in [-0.25, -0.2) is 0 Å². The molecule has 0 radical (unpaired) electrons. The van der Waals surface area contributed by atoms with Crippen LogP contribution in [0, 0.1) is 0 Å². The van der Waals surface area contributed by atoms with Crippen LogP contribution in [-0.2, 0) is 0 Å². The van der Waals surface area contributed by atoms with Gasteiger partial charge < -0.3 is 10.8 Å². The number of aromatic hydroxyl groups is 1. The Morgan fingerprint density at radius 3 is 2.80 bits per heavy atom. The van der Waals surface area contributed by atoms with E-state index < -0.39 is 0 Å². The second-order valence-corrected chi connectivity index (χ2v) is 4.56. The average molecular weight is 205 g/mol. The van der Waals surface area contributed by atoms with E-state index in [2.05, 4.69) is 6.07 Å². The number of phenolic OH excluding ortho intramolecular Hbond substituents is 1. The highest BCUT2D eigenvalue weighted by atomic mass is 16.3. The van der Waals surface area contributed by atoms with Gasteiger partial charge in [0.2, 0.25) is 0 Å². The summed E-state index contributed by atoms with van der Waals surface area (Å²) >= 11 is 0. The second kappa shape index (κ2) is 4.67. The quantitative estimate of drug-likeness (QED) is 0.692. The lowest BCUT2D eigenvalue weighted by Gasteiger charge is -2.14. The molecule has 0 heterocycles. The van der Waals surface area contributed by atoms with E-state index in [0.717, 1.165) is 19.3 Å². The molecule has 0 spiro atoms. The van der Waals surface area contributed by atoms with Crippen LogP contribution >= 0.6 is 0 Å². The SMILES string of the molecule is NC1CCCC(c2cccc(O)c2)CC1. The van der Waals surface area contributed by atoms with Gasteiger partial charge in [-0.15, -0.1) is 0 Å². The van der Waals surface area contributed by atoms with Crippen molar-refractivity contribution in [3.8, 4) is 5.75 Å². The largest absolute Gasteiger partial charge is 0.508 e. The smallest absolute Gasteiger partial charge is 0.115 e. The fraction of sp³-hybridized carbons (Fsp3) is 0.538. The topological polar surface area (TPSA) is 46.2 Å². The van der Waals surface area contributed by atoms with Crippen molar-refractivity contribution in [3.05, 3.63) is 29.8 Å². The highest BCUT2D eigenvalue weighted by Gasteiger charge is 2.17. The maximum absolute atomic E-state index is 9.44. The van der Waals surface area contributed by atoms with Crippen molar-refractivity contribution in [2.24, 2.45) is 5.73 Å². The predicted octanol–water partition coefficient (Wildman–Crippen LogP) is 2.77. The van der Waals surface area contributed by atoms with Gasteiger partial charge in [-0.05, 0) is 49.3 Å². The Balaban J connectivity index is 2.09. The highest BCUT2D eigenvalue weighted by Crippen LogP contribution is 2.32. The minimum atomic E-state index is 0.376. The van der Waals surface area contributed by atoms with Gasteiger partial charge in [-0.1, -0.05) is 18.6 Å². The molecular formula is C13H19NO. The molecule has 0 bridgehead atoms. The number of phenols is 1. The van der Waals surface area contributed by atoms with Crippen LogP contribution in [-0.4, -0.2) is 11.1 Å². The molecule has 1 aromatic rings. The molecule has 0 aromatic heterocycles. The van der Waals surface area contributed by atoms with Crippen molar-refractivity contribution in [3.63, 3.8) is 0 Å². The lowest BCUT2D eigenvalue weighted by molar-refractivity contribution is 0.472. The zero-order chi connectivity index (χ0) is 10.7. The number of hydrogen-bond donors (Lipinski definition) is 2. The Labute approximate surface area is 91.1 Å². The second-order valence-electron chi connectivity index (χ2n) is 4.56. The van der Waals surface area contributed by atoms with Crippen LogP contribution in [0.3, 0.4) is 0 Å². The maximum Gasteiger partial charge on any atom is 0.115 e. The van der Waals surface area contributed by atoms with E-state index in [0.29, 0.717) is 17.7 Å².